The smallest absolute Gasteiger partial charge is 0.141 e. The van der Waals surface area contributed by atoms with Crippen LogP contribution in [-0.2, 0) is 0 Å². The third kappa shape index (κ3) is 2.68. The summed E-state index contributed by atoms with van der Waals surface area (Å²) < 4.78 is 5.94. The molecule has 0 saturated carbocycles. The SMILES string of the molecule is CC(C)c1cncc2c1C(C(C)C)CCCCO2. The van der Waals surface area contributed by atoms with Crippen LogP contribution in [-0.4, -0.2) is 11.6 Å². The number of aromatic nitrogens is 1. The number of hydrogen-bond donors (Lipinski definition) is 0. The lowest BCUT2D eigenvalue weighted by Crippen LogP contribution is -2.16. The molecule has 1 aromatic rings. The molecule has 0 fully saturated rings. The minimum absolute atomic E-state index is 0.511. The summed E-state index contributed by atoms with van der Waals surface area (Å²) in [4.78, 5) is 4.36. The summed E-state index contributed by atoms with van der Waals surface area (Å²) in [6, 6.07) is 0. The predicted octanol–water partition coefficient (Wildman–Crippen LogP) is 4.51. The summed E-state index contributed by atoms with van der Waals surface area (Å²) in [6.45, 7) is 9.96. The molecule has 2 heteroatoms. The largest absolute Gasteiger partial charge is 0.492 e. The topological polar surface area (TPSA) is 22.1 Å². The molecule has 18 heavy (non-hydrogen) atoms. The number of ether oxygens (including phenoxy) is 1. The standard InChI is InChI=1S/C16H25NO/c1-11(2)13-7-5-6-8-18-15-10-17-9-14(12(3)4)16(13)15/h9-13H,5-8H2,1-4H3. The Morgan fingerprint density at radius 3 is 2.61 bits per heavy atom. The summed E-state index contributed by atoms with van der Waals surface area (Å²) in [5, 5.41) is 0. The molecule has 100 valence electrons. The normalized spacial score (nSPS) is 20.2. The van der Waals surface area contributed by atoms with Crippen molar-refractivity contribution in [1.82, 2.24) is 4.98 Å². The molecule has 0 amide bonds. The molecule has 0 bridgehead atoms. The van der Waals surface area contributed by atoms with E-state index >= 15 is 0 Å². The van der Waals surface area contributed by atoms with Crippen molar-refractivity contribution in [3.8, 4) is 5.75 Å². The van der Waals surface area contributed by atoms with Crippen LogP contribution in [0.25, 0.3) is 0 Å². The molecule has 2 rings (SSSR count). The first kappa shape index (κ1) is 13.4. The van der Waals surface area contributed by atoms with Gasteiger partial charge in [-0.2, -0.15) is 0 Å². The van der Waals surface area contributed by atoms with Crippen molar-refractivity contribution >= 4 is 0 Å². The van der Waals surface area contributed by atoms with E-state index in [4.69, 9.17) is 4.74 Å². The van der Waals surface area contributed by atoms with Crippen molar-refractivity contribution in [3.05, 3.63) is 23.5 Å². The number of pyridine rings is 1. The van der Waals surface area contributed by atoms with Gasteiger partial charge in [-0.1, -0.05) is 27.7 Å². The molecule has 0 N–H and O–H groups in total. The second kappa shape index (κ2) is 5.73. The van der Waals surface area contributed by atoms with Gasteiger partial charge >= 0.3 is 0 Å². The molecular weight excluding hydrogens is 222 g/mol. The third-order valence-corrected chi connectivity index (χ3v) is 3.95. The van der Waals surface area contributed by atoms with Gasteiger partial charge in [-0.15, -0.1) is 0 Å². The molecule has 0 aliphatic carbocycles. The lowest BCUT2D eigenvalue weighted by Gasteiger charge is -2.29. The molecule has 1 aliphatic heterocycles. The lowest BCUT2D eigenvalue weighted by molar-refractivity contribution is 0.274. The zero-order valence-electron chi connectivity index (χ0n) is 12.1. The Kier molecular flexibility index (Phi) is 4.26. The Hall–Kier alpha value is -1.05. The minimum atomic E-state index is 0.511. The summed E-state index contributed by atoms with van der Waals surface area (Å²) in [5.41, 5.74) is 2.79. The number of fused-ring (bicyclic) bond motifs is 1. The van der Waals surface area contributed by atoms with E-state index in [-0.39, 0.29) is 0 Å². The van der Waals surface area contributed by atoms with Crippen LogP contribution in [0, 0.1) is 5.92 Å². The molecule has 1 unspecified atom stereocenters. The highest BCUT2D eigenvalue weighted by molar-refractivity contribution is 5.42. The van der Waals surface area contributed by atoms with Crippen molar-refractivity contribution in [2.24, 2.45) is 5.92 Å². The Balaban J connectivity index is 2.51. The molecule has 0 aromatic carbocycles. The molecule has 2 nitrogen and oxygen atoms in total. The van der Waals surface area contributed by atoms with E-state index in [9.17, 15) is 0 Å². The van der Waals surface area contributed by atoms with E-state index < -0.39 is 0 Å². The molecule has 2 heterocycles. The Morgan fingerprint density at radius 1 is 1.17 bits per heavy atom. The highest BCUT2D eigenvalue weighted by Gasteiger charge is 2.25. The van der Waals surface area contributed by atoms with Gasteiger partial charge in [-0.05, 0) is 42.6 Å². The third-order valence-electron chi connectivity index (χ3n) is 3.95. The van der Waals surface area contributed by atoms with Crippen LogP contribution in [0.2, 0.25) is 0 Å². The summed E-state index contributed by atoms with van der Waals surface area (Å²) in [5.74, 6) is 2.81. The van der Waals surface area contributed by atoms with E-state index in [0.29, 0.717) is 17.8 Å². The Morgan fingerprint density at radius 2 is 1.94 bits per heavy atom. The summed E-state index contributed by atoms with van der Waals surface area (Å²) in [7, 11) is 0. The fraction of sp³-hybridized carbons (Fsp3) is 0.688. The van der Waals surface area contributed by atoms with Crippen LogP contribution in [0.4, 0.5) is 0 Å². The molecule has 0 radical (unpaired) electrons. The zero-order chi connectivity index (χ0) is 13.1. The van der Waals surface area contributed by atoms with Gasteiger partial charge in [0.25, 0.3) is 0 Å². The molecule has 1 atom stereocenters. The Labute approximate surface area is 111 Å². The van der Waals surface area contributed by atoms with Gasteiger partial charge in [0.15, 0.2) is 0 Å². The van der Waals surface area contributed by atoms with Gasteiger partial charge in [0.2, 0.25) is 0 Å². The highest BCUT2D eigenvalue weighted by Crippen LogP contribution is 2.41. The van der Waals surface area contributed by atoms with Crippen LogP contribution in [0.5, 0.6) is 5.75 Å². The van der Waals surface area contributed by atoms with Gasteiger partial charge in [0, 0.05) is 11.8 Å². The quantitative estimate of drug-likeness (QED) is 0.767. The Bertz CT molecular complexity index is 398. The second-order valence-electron chi connectivity index (χ2n) is 5.99. The second-order valence-corrected chi connectivity index (χ2v) is 5.99. The first-order valence-electron chi connectivity index (χ1n) is 7.21. The highest BCUT2D eigenvalue weighted by atomic mass is 16.5. The van der Waals surface area contributed by atoms with Crippen LogP contribution < -0.4 is 4.74 Å². The van der Waals surface area contributed by atoms with Crippen LogP contribution in [0.1, 0.15) is 69.9 Å². The lowest BCUT2D eigenvalue weighted by atomic mass is 9.80. The van der Waals surface area contributed by atoms with E-state index in [1.54, 1.807) is 0 Å². The average molecular weight is 247 g/mol. The fourth-order valence-corrected chi connectivity index (χ4v) is 2.90. The number of rotatable bonds is 2. The van der Waals surface area contributed by atoms with Gasteiger partial charge < -0.3 is 4.74 Å². The van der Waals surface area contributed by atoms with E-state index in [0.717, 1.165) is 18.8 Å². The van der Waals surface area contributed by atoms with Gasteiger partial charge in [-0.3, -0.25) is 4.98 Å². The van der Waals surface area contributed by atoms with E-state index in [2.05, 4.69) is 32.7 Å². The van der Waals surface area contributed by atoms with Crippen molar-refractivity contribution in [2.45, 2.75) is 58.8 Å². The average Bonchev–Trinajstić information content (AvgIpc) is 2.28. The van der Waals surface area contributed by atoms with Gasteiger partial charge in [-0.25, -0.2) is 0 Å². The summed E-state index contributed by atoms with van der Waals surface area (Å²) >= 11 is 0. The van der Waals surface area contributed by atoms with Crippen molar-refractivity contribution < 1.29 is 4.74 Å². The van der Waals surface area contributed by atoms with Crippen molar-refractivity contribution in [2.75, 3.05) is 6.61 Å². The molecule has 1 aromatic heterocycles. The first-order valence-corrected chi connectivity index (χ1v) is 7.21. The first-order chi connectivity index (χ1) is 8.61. The van der Waals surface area contributed by atoms with Crippen molar-refractivity contribution in [3.63, 3.8) is 0 Å². The molecule has 0 spiro atoms. The molecule has 1 aliphatic rings. The summed E-state index contributed by atoms with van der Waals surface area (Å²) in [6.07, 6.45) is 7.64. The molecular formula is C16H25NO. The molecule has 0 saturated heterocycles. The number of hydrogen-bond acceptors (Lipinski definition) is 2. The monoisotopic (exact) mass is 247 g/mol. The van der Waals surface area contributed by atoms with Crippen LogP contribution in [0.15, 0.2) is 12.4 Å². The van der Waals surface area contributed by atoms with Gasteiger partial charge in [0.1, 0.15) is 5.75 Å². The van der Waals surface area contributed by atoms with E-state index in [1.165, 1.54) is 24.0 Å². The van der Waals surface area contributed by atoms with Crippen LogP contribution in [0.3, 0.4) is 0 Å². The maximum atomic E-state index is 5.94. The maximum Gasteiger partial charge on any atom is 0.141 e. The fourth-order valence-electron chi connectivity index (χ4n) is 2.90. The minimum Gasteiger partial charge on any atom is -0.492 e. The van der Waals surface area contributed by atoms with E-state index in [1.807, 2.05) is 12.4 Å². The maximum absolute atomic E-state index is 5.94. The van der Waals surface area contributed by atoms with Crippen LogP contribution >= 0.6 is 0 Å². The number of nitrogens with zero attached hydrogens (tertiary/aromatic N) is 1. The zero-order valence-corrected chi connectivity index (χ0v) is 12.1. The predicted molar refractivity (Wildman–Crippen MR) is 75.3 cm³/mol. The van der Waals surface area contributed by atoms with Gasteiger partial charge in [0.05, 0.1) is 12.8 Å². The van der Waals surface area contributed by atoms with Crippen molar-refractivity contribution in [1.29, 1.82) is 0 Å².